The van der Waals surface area contributed by atoms with Crippen LogP contribution in [-0.2, 0) is 0 Å². The third-order valence-electron chi connectivity index (χ3n) is 1.38. The Balaban J connectivity index is 0.000000252. The second-order valence-corrected chi connectivity index (χ2v) is 3.00. The predicted molar refractivity (Wildman–Crippen MR) is 56.7 cm³/mol. The Morgan fingerprint density at radius 1 is 1.38 bits per heavy atom. The van der Waals surface area contributed by atoms with Gasteiger partial charge in [0.1, 0.15) is 5.75 Å². The summed E-state index contributed by atoms with van der Waals surface area (Å²) in [5.74, 6) is 0.329. The van der Waals surface area contributed by atoms with Gasteiger partial charge in [-0.3, -0.25) is 0 Å². The molecule has 0 amide bonds. The minimum Gasteiger partial charge on any atom is -0.508 e. The predicted octanol–water partition coefficient (Wildman–Crippen LogP) is 2.22. The van der Waals surface area contributed by atoms with Gasteiger partial charge in [0.25, 0.3) is 0 Å². The van der Waals surface area contributed by atoms with Crippen molar-refractivity contribution in [2.24, 2.45) is 5.73 Å². The molecule has 0 bridgehead atoms. The first-order valence-electron chi connectivity index (χ1n) is 4.16. The van der Waals surface area contributed by atoms with Gasteiger partial charge in [-0.15, -0.1) is 0 Å². The van der Waals surface area contributed by atoms with Gasteiger partial charge in [0.05, 0.1) is 0 Å². The Kier molecular flexibility index (Phi) is 5.64. The zero-order chi connectivity index (χ0) is 10.3. The van der Waals surface area contributed by atoms with Crippen LogP contribution in [-0.4, -0.2) is 11.7 Å². The molecular formula is C11H17NO. The van der Waals surface area contributed by atoms with Crippen molar-refractivity contribution in [3.63, 3.8) is 0 Å². The lowest BCUT2D eigenvalue weighted by Crippen LogP contribution is -1.97. The van der Waals surface area contributed by atoms with E-state index in [1.165, 1.54) is 5.56 Å². The number of hydrogen-bond acceptors (Lipinski definition) is 2. The molecule has 0 aromatic heterocycles. The Morgan fingerprint density at radius 3 is 2.00 bits per heavy atom. The van der Waals surface area contributed by atoms with E-state index >= 15 is 0 Å². The van der Waals surface area contributed by atoms with E-state index in [0.29, 0.717) is 12.3 Å². The van der Waals surface area contributed by atoms with Crippen molar-refractivity contribution < 1.29 is 5.11 Å². The van der Waals surface area contributed by atoms with Crippen molar-refractivity contribution >= 4 is 0 Å². The number of phenols is 1. The number of hydrogen-bond donors (Lipinski definition) is 2. The molecule has 1 aromatic carbocycles. The van der Waals surface area contributed by atoms with Crippen LogP contribution < -0.4 is 5.73 Å². The average Bonchev–Trinajstić information content (AvgIpc) is 2.11. The number of rotatable bonds is 1. The van der Waals surface area contributed by atoms with Gasteiger partial charge in [0.15, 0.2) is 0 Å². The van der Waals surface area contributed by atoms with Crippen LogP contribution in [0.5, 0.6) is 5.75 Å². The maximum Gasteiger partial charge on any atom is 0.115 e. The summed E-state index contributed by atoms with van der Waals surface area (Å²) in [5.41, 5.74) is 7.27. The van der Waals surface area contributed by atoms with E-state index in [1.54, 1.807) is 12.1 Å². The van der Waals surface area contributed by atoms with E-state index in [9.17, 15) is 0 Å². The van der Waals surface area contributed by atoms with Crippen molar-refractivity contribution in [1.82, 2.24) is 0 Å². The van der Waals surface area contributed by atoms with Crippen LogP contribution in [0.2, 0.25) is 0 Å². The summed E-state index contributed by atoms with van der Waals surface area (Å²) in [6, 6.07) is 7.09. The fourth-order valence-corrected chi connectivity index (χ4v) is 0.545. The highest BCUT2D eigenvalue weighted by atomic mass is 16.3. The molecule has 1 aromatic rings. The summed E-state index contributed by atoms with van der Waals surface area (Å²) in [4.78, 5) is 0. The van der Waals surface area contributed by atoms with Gasteiger partial charge in [-0.25, -0.2) is 0 Å². The van der Waals surface area contributed by atoms with Gasteiger partial charge < -0.3 is 10.8 Å². The van der Waals surface area contributed by atoms with Gasteiger partial charge >= 0.3 is 0 Å². The topological polar surface area (TPSA) is 46.2 Å². The molecule has 0 aliphatic carbocycles. The summed E-state index contributed by atoms with van der Waals surface area (Å²) >= 11 is 0. The van der Waals surface area contributed by atoms with E-state index in [1.807, 2.05) is 26.0 Å². The van der Waals surface area contributed by atoms with Crippen molar-refractivity contribution in [2.75, 3.05) is 6.54 Å². The SMILES string of the molecule is C=C(C)CN.Cc1ccc(O)cc1. The quantitative estimate of drug-likeness (QED) is 0.649. The summed E-state index contributed by atoms with van der Waals surface area (Å²) in [7, 11) is 0. The fourth-order valence-electron chi connectivity index (χ4n) is 0.545. The maximum absolute atomic E-state index is 8.76. The molecule has 72 valence electrons. The normalized spacial score (nSPS) is 8.54. The molecule has 0 unspecified atom stereocenters. The van der Waals surface area contributed by atoms with Crippen molar-refractivity contribution in [3.8, 4) is 5.75 Å². The van der Waals surface area contributed by atoms with Gasteiger partial charge in [0.2, 0.25) is 0 Å². The standard InChI is InChI=1S/C7H8O.C4H9N/c1-6-2-4-7(8)5-3-6;1-4(2)3-5/h2-5,8H,1H3;1,3,5H2,2H3. The molecule has 2 heteroatoms. The van der Waals surface area contributed by atoms with Crippen LogP contribution in [0.25, 0.3) is 0 Å². The highest BCUT2D eigenvalue weighted by molar-refractivity contribution is 5.24. The van der Waals surface area contributed by atoms with E-state index in [0.717, 1.165) is 5.57 Å². The van der Waals surface area contributed by atoms with Gasteiger partial charge in [-0.2, -0.15) is 0 Å². The molecule has 13 heavy (non-hydrogen) atoms. The molecule has 0 heterocycles. The van der Waals surface area contributed by atoms with E-state index < -0.39 is 0 Å². The third-order valence-corrected chi connectivity index (χ3v) is 1.38. The highest BCUT2D eigenvalue weighted by Gasteiger charge is 1.82. The Hall–Kier alpha value is -1.28. The van der Waals surface area contributed by atoms with Crippen LogP contribution in [0, 0.1) is 6.92 Å². The van der Waals surface area contributed by atoms with Gasteiger partial charge in [-0.1, -0.05) is 29.8 Å². The number of benzene rings is 1. The second kappa shape index (κ2) is 6.26. The van der Waals surface area contributed by atoms with Crippen molar-refractivity contribution in [2.45, 2.75) is 13.8 Å². The molecule has 0 fully saturated rings. The van der Waals surface area contributed by atoms with Crippen molar-refractivity contribution in [1.29, 1.82) is 0 Å². The van der Waals surface area contributed by atoms with Crippen LogP contribution >= 0.6 is 0 Å². The van der Waals surface area contributed by atoms with Crippen LogP contribution in [0.4, 0.5) is 0 Å². The first-order valence-corrected chi connectivity index (χ1v) is 4.16. The molecule has 0 aliphatic rings. The fraction of sp³-hybridized carbons (Fsp3) is 0.273. The number of aryl methyl sites for hydroxylation is 1. The number of nitrogens with two attached hydrogens (primary N) is 1. The average molecular weight is 179 g/mol. The number of phenolic OH excluding ortho intramolecular Hbond substituents is 1. The zero-order valence-corrected chi connectivity index (χ0v) is 8.25. The maximum atomic E-state index is 8.76. The van der Waals surface area contributed by atoms with E-state index in [4.69, 9.17) is 10.8 Å². The molecule has 2 nitrogen and oxygen atoms in total. The lowest BCUT2D eigenvalue weighted by Gasteiger charge is -1.89. The molecule has 0 spiro atoms. The van der Waals surface area contributed by atoms with Crippen LogP contribution in [0.3, 0.4) is 0 Å². The lowest BCUT2D eigenvalue weighted by molar-refractivity contribution is 0.475. The minimum absolute atomic E-state index is 0.329. The first kappa shape index (κ1) is 11.7. The molecule has 3 N–H and O–H groups in total. The molecule has 0 atom stereocenters. The summed E-state index contributed by atoms with van der Waals surface area (Å²) in [5, 5.41) is 8.76. The molecule has 1 rings (SSSR count). The molecule has 0 radical (unpaired) electrons. The Bertz CT molecular complexity index is 230. The van der Waals surface area contributed by atoms with E-state index in [-0.39, 0.29) is 0 Å². The molecule has 0 saturated heterocycles. The van der Waals surface area contributed by atoms with Crippen LogP contribution in [0.1, 0.15) is 12.5 Å². The van der Waals surface area contributed by atoms with Crippen molar-refractivity contribution in [3.05, 3.63) is 42.0 Å². The van der Waals surface area contributed by atoms with Crippen LogP contribution in [0.15, 0.2) is 36.4 Å². The smallest absolute Gasteiger partial charge is 0.115 e. The third kappa shape index (κ3) is 7.09. The number of aromatic hydroxyl groups is 1. The molecule has 0 aliphatic heterocycles. The summed E-state index contributed by atoms with van der Waals surface area (Å²) in [6.07, 6.45) is 0. The summed E-state index contributed by atoms with van der Waals surface area (Å²) in [6.45, 7) is 8.05. The monoisotopic (exact) mass is 179 g/mol. The largest absolute Gasteiger partial charge is 0.508 e. The van der Waals surface area contributed by atoms with E-state index in [2.05, 4.69) is 6.58 Å². The van der Waals surface area contributed by atoms with Gasteiger partial charge in [0, 0.05) is 6.54 Å². The first-order chi connectivity index (χ1) is 6.06. The molecular weight excluding hydrogens is 162 g/mol. The Morgan fingerprint density at radius 2 is 1.77 bits per heavy atom. The Labute approximate surface area is 79.7 Å². The minimum atomic E-state index is 0.329. The lowest BCUT2D eigenvalue weighted by atomic mass is 10.2. The molecule has 0 saturated carbocycles. The van der Waals surface area contributed by atoms with Gasteiger partial charge in [-0.05, 0) is 26.0 Å². The zero-order valence-electron chi connectivity index (χ0n) is 8.25. The summed E-state index contributed by atoms with van der Waals surface area (Å²) < 4.78 is 0. The highest BCUT2D eigenvalue weighted by Crippen LogP contribution is 2.07. The second-order valence-electron chi connectivity index (χ2n) is 3.00.